The quantitative estimate of drug-likeness (QED) is 0.542. The molecule has 0 saturated heterocycles. The number of rotatable bonds is 0. The lowest BCUT2D eigenvalue weighted by Crippen LogP contribution is -2.00. The van der Waals surface area contributed by atoms with Gasteiger partial charge in [0.1, 0.15) is 12.7 Å². The lowest BCUT2D eigenvalue weighted by molar-refractivity contribution is -0.138. The van der Waals surface area contributed by atoms with Crippen molar-refractivity contribution < 1.29 is 19.1 Å². The van der Waals surface area contributed by atoms with E-state index in [0.717, 1.165) is 5.57 Å². The highest BCUT2D eigenvalue weighted by atomic mass is 16.5. The molecule has 0 aromatic rings. The van der Waals surface area contributed by atoms with Crippen molar-refractivity contribution in [2.24, 2.45) is 0 Å². The molecular weight excluding hydrogens is 184 g/mol. The van der Waals surface area contributed by atoms with Crippen LogP contribution in [0.25, 0.3) is 0 Å². The molecule has 0 aromatic heterocycles. The van der Waals surface area contributed by atoms with Crippen LogP contribution in [0.15, 0.2) is 23.8 Å². The van der Waals surface area contributed by atoms with E-state index in [1.807, 2.05) is 13.8 Å². The predicted molar refractivity (Wildman–Crippen MR) is 49.4 cm³/mol. The number of esters is 2. The summed E-state index contributed by atoms with van der Waals surface area (Å²) in [6.07, 6.45) is 4.65. The molecule has 0 aromatic carbocycles. The van der Waals surface area contributed by atoms with Gasteiger partial charge in [0.2, 0.25) is 0 Å². The van der Waals surface area contributed by atoms with Gasteiger partial charge in [-0.1, -0.05) is 0 Å². The van der Waals surface area contributed by atoms with Crippen LogP contribution in [0.1, 0.15) is 13.8 Å². The molecule has 0 bridgehead atoms. The van der Waals surface area contributed by atoms with Gasteiger partial charge in [0, 0.05) is 12.2 Å². The number of hydrogen-bond acceptors (Lipinski definition) is 4. The van der Waals surface area contributed by atoms with Crippen molar-refractivity contribution >= 4 is 11.9 Å². The minimum Gasteiger partial charge on any atom is -0.458 e. The zero-order chi connectivity index (χ0) is 10.6. The summed E-state index contributed by atoms with van der Waals surface area (Å²) in [6, 6.07) is 0. The molecule has 2 aliphatic rings. The summed E-state index contributed by atoms with van der Waals surface area (Å²) >= 11 is 0. The number of hydrogen-bond donors (Lipinski definition) is 0. The average Bonchev–Trinajstić information content (AvgIpc) is 2.63. The van der Waals surface area contributed by atoms with Crippen LogP contribution in [0, 0.1) is 0 Å². The maximum Gasteiger partial charge on any atom is 0.331 e. The molecule has 0 spiro atoms. The van der Waals surface area contributed by atoms with Crippen molar-refractivity contribution in [2.75, 3.05) is 6.61 Å². The van der Waals surface area contributed by atoms with Crippen LogP contribution < -0.4 is 0 Å². The van der Waals surface area contributed by atoms with Crippen molar-refractivity contribution in [2.45, 2.75) is 20.0 Å². The Morgan fingerprint density at radius 3 is 2.21 bits per heavy atom. The van der Waals surface area contributed by atoms with E-state index < -0.39 is 0 Å². The molecule has 76 valence electrons. The minimum atomic E-state index is -0.229. The van der Waals surface area contributed by atoms with E-state index >= 15 is 0 Å². The molecule has 0 fully saturated rings. The van der Waals surface area contributed by atoms with Gasteiger partial charge < -0.3 is 9.47 Å². The van der Waals surface area contributed by atoms with E-state index in [0.29, 0.717) is 6.61 Å². The molecule has 4 heteroatoms. The number of ether oxygens (including phenoxy) is 2. The third kappa shape index (κ3) is 3.43. The molecule has 0 amide bonds. The van der Waals surface area contributed by atoms with E-state index in [9.17, 15) is 9.59 Å². The molecule has 2 aliphatic heterocycles. The highest BCUT2D eigenvalue weighted by molar-refractivity contribution is 5.85. The topological polar surface area (TPSA) is 52.6 Å². The van der Waals surface area contributed by atoms with Crippen molar-refractivity contribution in [3.05, 3.63) is 23.8 Å². The Bertz CT molecular complexity index is 301. The smallest absolute Gasteiger partial charge is 0.331 e. The number of cyclic esters (lactones) is 2. The molecule has 0 saturated carbocycles. The fourth-order valence-corrected chi connectivity index (χ4v) is 0.945. The Labute approximate surface area is 82.2 Å². The highest BCUT2D eigenvalue weighted by Gasteiger charge is 2.09. The normalized spacial score (nSPS) is 23.6. The van der Waals surface area contributed by atoms with Gasteiger partial charge in [-0.25, -0.2) is 9.59 Å². The zero-order valence-electron chi connectivity index (χ0n) is 8.15. The fraction of sp³-hybridized carbons (Fsp3) is 0.400. The molecule has 4 nitrogen and oxygen atoms in total. The maximum atomic E-state index is 10.2. The summed E-state index contributed by atoms with van der Waals surface area (Å²) in [5.41, 5.74) is 1.00. The predicted octanol–water partition coefficient (Wildman–Crippen LogP) is 0.977. The van der Waals surface area contributed by atoms with E-state index in [4.69, 9.17) is 0 Å². The average molecular weight is 196 g/mol. The molecule has 0 N–H and O–H groups in total. The van der Waals surface area contributed by atoms with Crippen LogP contribution in [0.4, 0.5) is 0 Å². The molecule has 0 radical (unpaired) electrons. The van der Waals surface area contributed by atoms with Crippen molar-refractivity contribution in [1.82, 2.24) is 0 Å². The maximum absolute atomic E-state index is 10.2. The van der Waals surface area contributed by atoms with Gasteiger partial charge in [-0.15, -0.1) is 0 Å². The molecule has 1 atom stereocenters. The lowest BCUT2D eigenvalue weighted by Gasteiger charge is -1.95. The van der Waals surface area contributed by atoms with Gasteiger partial charge in [0.15, 0.2) is 0 Å². The minimum absolute atomic E-state index is 0.00694. The summed E-state index contributed by atoms with van der Waals surface area (Å²) in [6.45, 7) is 4.17. The van der Waals surface area contributed by atoms with Crippen molar-refractivity contribution in [1.29, 1.82) is 0 Å². The van der Waals surface area contributed by atoms with Gasteiger partial charge in [-0.2, -0.15) is 0 Å². The Balaban J connectivity index is 0.000000140. The first kappa shape index (κ1) is 10.5. The second-order valence-corrected chi connectivity index (χ2v) is 3.10. The Morgan fingerprint density at radius 2 is 2.07 bits per heavy atom. The number of carbonyl (C=O) groups excluding carboxylic acids is 2. The fourth-order valence-electron chi connectivity index (χ4n) is 0.945. The Kier molecular flexibility index (Phi) is 3.45. The highest BCUT2D eigenvalue weighted by Crippen LogP contribution is 2.02. The molecule has 14 heavy (non-hydrogen) atoms. The second-order valence-electron chi connectivity index (χ2n) is 3.10. The summed E-state index contributed by atoms with van der Waals surface area (Å²) < 4.78 is 9.14. The molecule has 0 aliphatic carbocycles. The first-order valence-corrected chi connectivity index (χ1v) is 4.30. The third-order valence-electron chi connectivity index (χ3n) is 1.61. The zero-order valence-corrected chi connectivity index (χ0v) is 8.15. The first-order chi connectivity index (χ1) is 6.58. The third-order valence-corrected chi connectivity index (χ3v) is 1.61. The number of carbonyl (C=O) groups is 2. The summed E-state index contributed by atoms with van der Waals surface area (Å²) in [5, 5.41) is 0. The first-order valence-electron chi connectivity index (χ1n) is 4.30. The van der Waals surface area contributed by atoms with E-state index in [2.05, 4.69) is 9.47 Å². The van der Waals surface area contributed by atoms with Crippen molar-refractivity contribution in [3.8, 4) is 0 Å². The van der Waals surface area contributed by atoms with Crippen LogP contribution in [-0.4, -0.2) is 24.6 Å². The molecule has 1 unspecified atom stereocenters. The van der Waals surface area contributed by atoms with Crippen LogP contribution >= 0.6 is 0 Å². The monoisotopic (exact) mass is 196 g/mol. The molecule has 2 rings (SSSR count). The van der Waals surface area contributed by atoms with E-state index in [1.165, 1.54) is 12.2 Å². The van der Waals surface area contributed by atoms with Gasteiger partial charge in [0.25, 0.3) is 0 Å². The van der Waals surface area contributed by atoms with Crippen LogP contribution in [0.3, 0.4) is 0 Å². The molecular formula is C10H12O4. The largest absolute Gasteiger partial charge is 0.458 e. The van der Waals surface area contributed by atoms with Crippen molar-refractivity contribution in [3.63, 3.8) is 0 Å². The summed E-state index contributed by atoms with van der Waals surface area (Å²) in [7, 11) is 0. The van der Waals surface area contributed by atoms with Gasteiger partial charge >= 0.3 is 11.9 Å². The standard InChI is InChI=1S/2C5H6O2/c1-4-2-5(6)7-3-4;1-4-2-3-5(6)7-4/h2H,3H2,1H3;2-4H,1H3. The Morgan fingerprint density at radius 1 is 1.36 bits per heavy atom. The lowest BCUT2D eigenvalue weighted by atomic mass is 10.3. The van der Waals surface area contributed by atoms with E-state index in [1.54, 1.807) is 6.08 Å². The van der Waals surface area contributed by atoms with Gasteiger partial charge in [-0.3, -0.25) is 0 Å². The SMILES string of the molecule is CC1=CC(=O)OC1.CC1C=CC(=O)O1. The van der Waals surface area contributed by atoms with Gasteiger partial charge in [-0.05, 0) is 25.5 Å². The van der Waals surface area contributed by atoms with Crippen LogP contribution in [0.2, 0.25) is 0 Å². The van der Waals surface area contributed by atoms with E-state index in [-0.39, 0.29) is 18.0 Å². The summed E-state index contributed by atoms with van der Waals surface area (Å²) in [4.78, 5) is 20.3. The summed E-state index contributed by atoms with van der Waals surface area (Å²) in [5.74, 6) is -0.440. The Hall–Kier alpha value is -1.58. The van der Waals surface area contributed by atoms with Gasteiger partial charge in [0.05, 0.1) is 0 Å². The molecule has 2 heterocycles. The van der Waals surface area contributed by atoms with Crippen LogP contribution in [0.5, 0.6) is 0 Å². The van der Waals surface area contributed by atoms with Crippen LogP contribution in [-0.2, 0) is 19.1 Å². The second kappa shape index (κ2) is 4.60.